The fourth-order valence-corrected chi connectivity index (χ4v) is 2.35. The highest BCUT2D eigenvalue weighted by Gasteiger charge is 2.17. The lowest BCUT2D eigenvalue weighted by atomic mass is 10.0. The quantitative estimate of drug-likeness (QED) is 0.748. The van der Waals surface area contributed by atoms with Crippen LogP contribution in [0.1, 0.15) is 18.4 Å². The third-order valence-electron chi connectivity index (χ3n) is 3.23. The lowest BCUT2D eigenvalue weighted by molar-refractivity contribution is 0.261. The molecule has 16 heavy (non-hydrogen) atoms. The van der Waals surface area contributed by atoms with E-state index in [0.717, 1.165) is 12.2 Å². The summed E-state index contributed by atoms with van der Waals surface area (Å²) in [5.74, 6) is 0. The van der Waals surface area contributed by atoms with Crippen molar-refractivity contribution in [3.63, 3.8) is 0 Å². The molecule has 1 aromatic carbocycles. The summed E-state index contributed by atoms with van der Waals surface area (Å²) in [4.78, 5) is 2.38. The van der Waals surface area contributed by atoms with E-state index in [-0.39, 0.29) is 0 Å². The molecule has 1 aliphatic heterocycles. The van der Waals surface area contributed by atoms with Crippen LogP contribution in [0.15, 0.2) is 18.2 Å². The average molecular weight is 219 g/mol. The smallest absolute Gasteiger partial charge is 0.0388 e. The number of likely N-dealkylation sites (tertiary alicyclic amines) is 1. The molecule has 0 aliphatic carbocycles. The molecule has 2 rings (SSSR count). The number of anilines is 2. The van der Waals surface area contributed by atoms with Crippen molar-refractivity contribution in [3.05, 3.63) is 23.8 Å². The average Bonchev–Trinajstić information content (AvgIpc) is 2.22. The van der Waals surface area contributed by atoms with Gasteiger partial charge in [0.1, 0.15) is 0 Å². The van der Waals surface area contributed by atoms with Gasteiger partial charge in [0.15, 0.2) is 0 Å². The van der Waals surface area contributed by atoms with Crippen molar-refractivity contribution in [2.75, 3.05) is 31.2 Å². The van der Waals surface area contributed by atoms with Gasteiger partial charge in [0.25, 0.3) is 0 Å². The minimum absolute atomic E-state index is 0.570. The first-order chi connectivity index (χ1) is 7.65. The Labute approximate surface area is 97.6 Å². The first kappa shape index (κ1) is 11.3. The number of aryl methyl sites for hydroxylation is 1. The largest absolute Gasteiger partial charge is 0.399 e. The van der Waals surface area contributed by atoms with Crippen molar-refractivity contribution in [2.45, 2.75) is 25.8 Å². The fraction of sp³-hybridized carbons (Fsp3) is 0.538. The number of piperidine rings is 1. The van der Waals surface area contributed by atoms with Crippen LogP contribution in [-0.4, -0.2) is 31.1 Å². The first-order valence-electron chi connectivity index (χ1n) is 5.96. The highest BCUT2D eigenvalue weighted by Crippen LogP contribution is 2.21. The lowest BCUT2D eigenvalue weighted by Gasteiger charge is -2.31. The van der Waals surface area contributed by atoms with Crippen molar-refractivity contribution < 1.29 is 0 Å². The van der Waals surface area contributed by atoms with Gasteiger partial charge >= 0.3 is 0 Å². The lowest BCUT2D eigenvalue weighted by Crippen LogP contribution is -2.39. The molecule has 0 bridgehead atoms. The highest BCUT2D eigenvalue weighted by molar-refractivity contribution is 5.57. The maximum Gasteiger partial charge on any atom is 0.0388 e. The Kier molecular flexibility index (Phi) is 3.34. The van der Waals surface area contributed by atoms with E-state index in [4.69, 9.17) is 5.73 Å². The topological polar surface area (TPSA) is 41.3 Å². The summed E-state index contributed by atoms with van der Waals surface area (Å²) >= 11 is 0. The molecule has 1 atom stereocenters. The Morgan fingerprint density at radius 1 is 1.44 bits per heavy atom. The molecule has 0 radical (unpaired) electrons. The molecule has 1 aromatic rings. The third kappa shape index (κ3) is 2.67. The number of nitrogens with two attached hydrogens (primary N) is 1. The maximum absolute atomic E-state index is 5.75. The number of likely N-dealkylation sites (N-methyl/N-ethyl adjacent to an activating group) is 1. The normalized spacial score (nSPS) is 22.0. The third-order valence-corrected chi connectivity index (χ3v) is 3.23. The van der Waals surface area contributed by atoms with Crippen molar-refractivity contribution in [1.29, 1.82) is 0 Å². The number of hydrogen-bond donors (Lipinski definition) is 2. The Balaban J connectivity index is 2.02. The molecule has 1 saturated heterocycles. The summed E-state index contributed by atoms with van der Waals surface area (Å²) in [5, 5.41) is 3.61. The van der Waals surface area contributed by atoms with Crippen LogP contribution < -0.4 is 11.1 Å². The van der Waals surface area contributed by atoms with Gasteiger partial charge in [0, 0.05) is 24.0 Å². The SMILES string of the molecule is Cc1cc(N)ccc1NC1CCCN(C)C1. The van der Waals surface area contributed by atoms with Gasteiger partial charge in [-0.3, -0.25) is 0 Å². The van der Waals surface area contributed by atoms with Crippen LogP contribution in [0.3, 0.4) is 0 Å². The zero-order valence-corrected chi connectivity index (χ0v) is 10.2. The van der Waals surface area contributed by atoms with Gasteiger partial charge in [-0.1, -0.05) is 0 Å². The Morgan fingerprint density at radius 3 is 2.94 bits per heavy atom. The molecule has 1 aliphatic rings. The van der Waals surface area contributed by atoms with Crippen LogP contribution in [0.2, 0.25) is 0 Å². The van der Waals surface area contributed by atoms with Gasteiger partial charge in [-0.2, -0.15) is 0 Å². The van der Waals surface area contributed by atoms with E-state index in [1.165, 1.54) is 30.6 Å². The molecule has 0 aromatic heterocycles. The maximum atomic E-state index is 5.75. The standard InChI is InChI=1S/C13H21N3/c1-10-8-11(14)5-6-13(10)15-12-4-3-7-16(2)9-12/h5-6,8,12,15H,3-4,7,9,14H2,1-2H3. The van der Waals surface area contributed by atoms with Crippen molar-refractivity contribution in [1.82, 2.24) is 4.90 Å². The Morgan fingerprint density at radius 2 is 2.25 bits per heavy atom. The van der Waals surface area contributed by atoms with Crippen molar-refractivity contribution in [3.8, 4) is 0 Å². The van der Waals surface area contributed by atoms with Gasteiger partial charge < -0.3 is 16.0 Å². The molecule has 1 heterocycles. The second-order valence-corrected chi connectivity index (χ2v) is 4.82. The van der Waals surface area contributed by atoms with Crippen LogP contribution in [0.25, 0.3) is 0 Å². The van der Waals surface area contributed by atoms with E-state index in [1.54, 1.807) is 0 Å². The van der Waals surface area contributed by atoms with Gasteiger partial charge in [-0.05, 0) is 57.1 Å². The monoisotopic (exact) mass is 219 g/mol. The summed E-state index contributed by atoms with van der Waals surface area (Å²) in [6.07, 6.45) is 2.54. The number of hydrogen-bond acceptors (Lipinski definition) is 3. The first-order valence-corrected chi connectivity index (χ1v) is 5.96. The van der Waals surface area contributed by atoms with Crippen molar-refractivity contribution >= 4 is 11.4 Å². The molecule has 1 fully saturated rings. The predicted octanol–water partition coefficient (Wildman–Crippen LogP) is 2.08. The molecule has 0 spiro atoms. The second-order valence-electron chi connectivity index (χ2n) is 4.82. The summed E-state index contributed by atoms with van der Waals surface area (Å²) in [5.41, 5.74) is 9.03. The van der Waals surface area contributed by atoms with E-state index in [9.17, 15) is 0 Å². The van der Waals surface area contributed by atoms with Gasteiger partial charge in [0.05, 0.1) is 0 Å². The Hall–Kier alpha value is -1.22. The number of nitrogen functional groups attached to an aromatic ring is 1. The number of nitrogens with zero attached hydrogens (tertiary/aromatic N) is 1. The fourth-order valence-electron chi connectivity index (χ4n) is 2.35. The van der Waals surface area contributed by atoms with Crippen LogP contribution in [-0.2, 0) is 0 Å². The zero-order valence-electron chi connectivity index (χ0n) is 10.2. The minimum Gasteiger partial charge on any atom is -0.399 e. The molecule has 3 heteroatoms. The predicted molar refractivity (Wildman–Crippen MR) is 69.7 cm³/mol. The molecular weight excluding hydrogens is 198 g/mol. The molecule has 3 N–H and O–H groups in total. The van der Waals surface area contributed by atoms with Crippen LogP contribution in [0.4, 0.5) is 11.4 Å². The number of benzene rings is 1. The van der Waals surface area contributed by atoms with Gasteiger partial charge in [-0.15, -0.1) is 0 Å². The second kappa shape index (κ2) is 4.74. The minimum atomic E-state index is 0.570. The summed E-state index contributed by atoms with van der Waals surface area (Å²) in [7, 11) is 2.18. The summed E-state index contributed by atoms with van der Waals surface area (Å²) in [6, 6.07) is 6.64. The highest BCUT2D eigenvalue weighted by atomic mass is 15.1. The van der Waals surface area contributed by atoms with Crippen LogP contribution in [0.5, 0.6) is 0 Å². The summed E-state index contributed by atoms with van der Waals surface area (Å²) in [6.45, 7) is 4.45. The zero-order chi connectivity index (χ0) is 11.5. The van der Waals surface area contributed by atoms with E-state index >= 15 is 0 Å². The van der Waals surface area contributed by atoms with E-state index in [0.29, 0.717) is 6.04 Å². The van der Waals surface area contributed by atoms with Crippen LogP contribution in [0, 0.1) is 6.92 Å². The van der Waals surface area contributed by atoms with E-state index < -0.39 is 0 Å². The Bertz CT molecular complexity index is 362. The van der Waals surface area contributed by atoms with Gasteiger partial charge in [-0.25, -0.2) is 0 Å². The van der Waals surface area contributed by atoms with E-state index in [1.807, 2.05) is 12.1 Å². The van der Waals surface area contributed by atoms with Crippen molar-refractivity contribution in [2.24, 2.45) is 0 Å². The molecule has 1 unspecified atom stereocenters. The molecule has 0 saturated carbocycles. The van der Waals surface area contributed by atoms with Crippen LogP contribution >= 0.6 is 0 Å². The molecular formula is C13H21N3. The number of rotatable bonds is 2. The van der Waals surface area contributed by atoms with E-state index in [2.05, 4.69) is 30.3 Å². The molecule has 0 amide bonds. The molecule has 3 nitrogen and oxygen atoms in total. The summed E-state index contributed by atoms with van der Waals surface area (Å²) < 4.78 is 0. The number of nitrogens with one attached hydrogen (secondary N) is 1. The molecule has 88 valence electrons. The van der Waals surface area contributed by atoms with Gasteiger partial charge in [0.2, 0.25) is 0 Å².